The molecular weight excluding hydrogens is 383 g/mol. The van der Waals surface area contributed by atoms with Gasteiger partial charge in [0.05, 0.1) is 0 Å². The standard InChI is InChI=1S/C19H25FN4O3S/c1-23(2)28(25,26)24-11-9-19(10-12-24,13-14-3-4-14)18-21-17(27-22-18)15-5-7-16(20)8-6-15/h5-8,14H,3-4,9-13H2,1-2H3. The van der Waals surface area contributed by atoms with Gasteiger partial charge in [0.2, 0.25) is 0 Å². The Bertz CT molecular complexity index is 930. The molecule has 2 aliphatic rings. The number of nitrogens with zero attached hydrogens (tertiary/aromatic N) is 4. The van der Waals surface area contributed by atoms with Gasteiger partial charge in [-0.3, -0.25) is 0 Å². The van der Waals surface area contributed by atoms with Crippen LogP contribution in [0.25, 0.3) is 11.5 Å². The van der Waals surface area contributed by atoms with Crippen LogP contribution in [-0.2, 0) is 15.6 Å². The van der Waals surface area contributed by atoms with E-state index < -0.39 is 10.2 Å². The molecule has 2 fully saturated rings. The van der Waals surface area contributed by atoms with Crippen LogP contribution in [0.4, 0.5) is 4.39 Å². The fraction of sp³-hybridized carbons (Fsp3) is 0.579. The molecule has 1 aliphatic heterocycles. The van der Waals surface area contributed by atoms with E-state index in [-0.39, 0.29) is 11.2 Å². The van der Waals surface area contributed by atoms with Gasteiger partial charge in [-0.15, -0.1) is 0 Å². The zero-order valence-corrected chi connectivity index (χ0v) is 17.0. The monoisotopic (exact) mass is 408 g/mol. The first kappa shape index (κ1) is 19.5. The van der Waals surface area contributed by atoms with Gasteiger partial charge < -0.3 is 4.52 Å². The number of benzene rings is 1. The van der Waals surface area contributed by atoms with Crippen molar-refractivity contribution in [1.82, 2.24) is 18.8 Å². The number of rotatable bonds is 6. The average Bonchev–Trinajstić information content (AvgIpc) is 3.33. The number of aromatic nitrogens is 2. The van der Waals surface area contributed by atoms with Gasteiger partial charge in [0, 0.05) is 38.2 Å². The van der Waals surface area contributed by atoms with E-state index in [1.165, 1.54) is 33.6 Å². The van der Waals surface area contributed by atoms with Crippen LogP contribution in [0.2, 0.25) is 0 Å². The molecule has 2 aromatic rings. The second-order valence-corrected chi connectivity index (χ2v) is 10.2. The summed E-state index contributed by atoms with van der Waals surface area (Å²) in [5, 5.41) is 4.26. The Kier molecular flexibility index (Phi) is 5.01. The lowest BCUT2D eigenvalue weighted by molar-refractivity contribution is 0.193. The minimum Gasteiger partial charge on any atom is -0.334 e. The predicted molar refractivity (Wildman–Crippen MR) is 102 cm³/mol. The van der Waals surface area contributed by atoms with Gasteiger partial charge in [-0.2, -0.15) is 22.0 Å². The highest BCUT2D eigenvalue weighted by Crippen LogP contribution is 2.47. The molecule has 0 atom stereocenters. The van der Waals surface area contributed by atoms with Crippen LogP contribution in [0.1, 0.15) is 37.9 Å². The molecule has 1 aliphatic carbocycles. The van der Waals surface area contributed by atoms with Crippen LogP contribution >= 0.6 is 0 Å². The molecular formula is C19H25FN4O3S. The number of hydrogen-bond acceptors (Lipinski definition) is 5. The van der Waals surface area contributed by atoms with E-state index in [1.54, 1.807) is 26.2 Å². The van der Waals surface area contributed by atoms with Crippen LogP contribution in [0, 0.1) is 11.7 Å². The van der Waals surface area contributed by atoms with E-state index in [0.717, 1.165) is 6.42 Å². The van der Waals surface area contributed by atoms with Crippen molar-refractivity contribution in [2.24, 2.45) is 5.92 Å². The third-order valence-electron chi connectivity index (χ3n) is 5.84. The largest absolute Gasteiger partial charge is 0.334 e. The van der Waals surface area contributed by atoms with Gasteiger partial charge in [-0.25, -0.2) is 4.39 Å². The molecule has 0 unspecified atom stereocenters. The number of piperidine rings is 1. The second kappa shape index (κ2) is 7.20. The van der Waals surface area contributed by atoms with Gasteiger partial charge >= 0.3 is 0 Å². The summed E-state index contributed by atoms with van der Waals surface area (Å²) in [5.74, 6) is 1.34. The van der Waals surface area contributed by atoms with Crippen molar-refractivity contribution in [2.75, 3.05) is 27.2 Å². The molecule has 1 saturated heterocycles. The highest BCUT2D eigenvalue weighted by Gasteiger charge is 2.46. The zero-order chi connectivity index (χ0) is 19.9. The summed E-state index contributed by atoms with van der Waals surface area (Å²) in [6.07, 6.45) is 4.68. The Morgan fingerprint density at radius 1 is 1.21 bits per heavy atom. The van der Waals surface area contributed by atoms with Crippen molar-refractivity contribution < 1.29 is 17.3 Å². The topological polar surface area (TPSA) is 79.5 Å². The summed E-state index contributed by atoms with van der Waals surface area (Å²) < 4.78 is 46.3. The molecule has 0 N–H and O–H groups in total. The molecule has 152 valence electrons. The lowest BCUT2D eigenvalue weighted by Gasteiger charge is -2.40. The Labute approximate surface area is 164 Å². The van der Waals surface area contributed by atoms with E-state index in [9.17, 15) is 12.8 Å². The van der Waals surface area contributed by atoms with E-state index in [1.807, 2.05) is 0 Å². The van der Waals surface area contributed by atoms with Gasteiger partial charge in [-0.1, -0.05) is 18.0 Å². The summed E-state index contributed by atoms with van der Waals surface area (Å²) in [5.41, 5.74) is 0.399. The molecule has 9 heteroatoms. The van der Waals surface area contributed by atoms with E-state index in [0.29, 0.717) is 49.1 Å². The van der Waals surface area contributed by atoms with Gasteiger partial charge in [0.1, 0.15) is 5.82 Å². The summed E-state index contributed by atoms with van der Waals surface area (Å²) in [6.45, 7) is 0.876. The Morgan fingerprint density at radius 3 is 2.43 bits per heavy atom. The van der Waals surface area contributed by atoms with Crippen LogP contribution < -0.4 is 0 Å². The van der Waals surface area contributed by atoms with Crippen LogP contribution in [0.3, 0.4) is 0 Å². The highest BCUT2D eigenvalue weighted by molar-refractivity contribution is 7.86. The van der Waals surface area contributed by atoms with Crippen molar-refractivity contribution >= 4 is 10.2 Å². The SMILES string of the molecule is CN(C)S(=O)(=O)N1CCC(CC2CC2)(c2noc(-c3ccc(F)cc3)n2)CC1. The Morgan fingerprint density at radius 2 is 1.86 bits per heavy atom. The van der Waals surface area contributed by atoms with Crippen molar-refractivity contribution in [2.45, 2.75) is 37.5 Å². The lowest BCUT2D eigenvalue weighted by Crippen LogP contribution is -2.49. The van der Waals surface area contributed by atoms with Crippen LogP contribution in [-0.4, -0.2) is 54.4 Å². The molecule has 1 aromatic heterocycles. The molecule has 0 amide bonds. The maximum absolute atomic E-state index is 13.2. The average molecular weight is 408 g/mol. The maximum Gasteiger partial charge on any atom is 0.281 e. The number of halogens is 1. The van der Waals surface area contributed by atoms with E-state index >= 15 is 0 Å². The molecule has 1 aromatic carbocycles. The summed E-state index contributed by atoms with van der Waals surface area (Å²) >= 11 is 0. The van der Waals surface area contributed by atoms with Crippen LogP contribution in [0.5, 0.6) is 0 Å². The van der Waals surface area contributed by atoms with Crippen molar-refractivity contribution in [3.63, 3.8) is 0 Å². The molecule has 0 radical (unpaired) electrons. The Hall–Kier alpha value is -1.84. The summed E-state index contributed by atoms with van der Waals surface area (Å²) in [7, 11) is -0.318. The third kappa shape index (κ3) is 3.70. The first-order valence-electron chi connectivity index (χ1n) is 9.58. The lowest BCUT2D eigenvalue weighted by atomic mass is 9.74. The highest BCUT2D eigenvalue weighted by atomic mass is 32.2. The molecule has 0 bridgehead atoms. The second-order valence-electron chi connectivity index (χ2n) is 8.05. The van der Waals surface area contributed by atoms with Gasteiger partial charge in [0.15, 0.2) is 5.82 Å². The summed E-state index contributed by atoms with van der Waals surface area (Å²) in [4.78, 5) is 4.63. The van der Waals surface area contributed by atoms with Gasteiger partial charge in [-0.05, 0) is 49.4 Å². The predicted octanol–water partition coefficient (Wildman–Crippen LogP) is 2.82. The van der Waals surface area contributed by atoms with E-state index in [4.69, 9.17) is 4.52 Å². The normalized spacial score (nSPS) is 20.6. The molecule has 7 nitrogen and oxygen atoms in total. The molecule has 1 saturated carbocycles. The first-order valence-corrected chi connectivity index (χ1v) is 11.0. The fourth-order valence-corrected chi connectivity index (χ4v) is 5.02. The third-order valence-corrected chi connectivity index (χ3v) is 7.78. The molecule has 0 spiro atoms. The van der Waals surface area contributed by atoms with Crippen molar-refractivity contribution in [3.8, 4) is 11.5 Å². The molecule has 2 heterocycles. The zero-order valence-electron chi connectivity index (χ0n) is 16.1. The smallest absolute Gasteiger partial charge is 0.281 e. The van der Waals surface area contributed by atoms with E-state index in [2.05, 4.69) is 10.1 Å². The van der Waals surface area contributed by atoms with Crippen molar-refractivity contribution in [1.29, 1.82) is 0 Å². The van der Waals surface area contributed by atoms with Crippen LogP contribution in [0.15, 0.2) is 28.8 Å². The van der Waals surface area contributed by atoms with Gasteiger partial charge in [0.25, 0.3) is 16.1 Å². The molecule has 28 heavy (non-hydrogen) atoms. The number of hydrogen-bond donors (Lipinski definition) is 0. The summed E-state index contributed by atoms with van der Waals surface area (Å²) in [6, 6.07) is 5.96. The minimum absolute atomic E-state index is 0.277. The fourth-order valence-electron chi connectivity index (χ4n) is 3.92. The quantitative estimate of drug-likeness (QED) is 0.734. The molecule has 4 rings (SSSR count). The minimum atomic E-state index is -3.42. The maximum atomic E-state index is 13.2. The Balaban J connectivity index is 1.58. The van der Waals surface area contributed by atoms with Crippen molar-refractivity contribution in [3.05, 3.63) is 35.9 Å². The first-order chi connectivity index (χ1) is 13.3.